The monoisotopic (exact) mass is 520 g/mol. The van der Waals surface area contributed by atoms with Crippen LogP contribution in [-0.4, -0.2) is 80.1 Å². The molecule has 2 bridgehead atoms. The summed E-state index contributed by atoms with van der Waals surface area (Å²) in [6.45, 7) is 16.0. The quantitative estimate of drug-likeness (QED) is 0.212. The Labute approximate surface area is 220 Å². The lowest BCUT2D eigenvalue weighted by molar-refractivity contribution is -0.156. The lowest BCUT2D eigenvalue weighted by Gasteiger charge is -2.40. The third-order valence-corrected chi connectivity index (χ3v) is 10.3. The molecule has 0 radical (unpaired) electrons. The highest BCUT2D eigenvalue weighted by atomic mass is 32.2. The van der Waals surface area contributed by atoms with Crippen molar-refractivity contribution in [2.75, 3.05) is 19.8 Å². The summed E-state index contributed by atoms with van der Waals surface area (Å²) >= 11 is 1.64. The largest absolute Gasteiger partial charge is 0.465 e. The fourth-order valence-electron chi connectivity index (χ4n) is 6.57. The van der Waals surface area contributed by atoms with Crippen LogP contribution >= 0.6 is 11.8 Å². The van der Waals surface area contributed by atoms with E-state index in [2.05, 4.69) is 20.1 Å². The molecule has 3 aliphatic rings. The standard InChI is InChI=1S/C28H44N2O5S/c1-7-10-11-12-17-35-26(34)22-21-24(32)30(20(5)18-31)23(28(21)15-14-27(22,6)36-28)25(33)29(16-9-3)19(4)13-8-2/h7,9,19-23,31H,1,3,8,10-18H2,2,4-6H3/t19?,20-,21+,22-,23?,27+,28?/m1/s1. The molecule has 8 heteroatoms. The Bertz CT molecular complexity index is 865. The second-order valence-electron chi connectivity index (χ2n) is 10.9. The van der Waals surface area contributed by atoms with E-state index in [-0.39, 0.29) is 30.4 Å². The Morgan fingerprint density at radius 2 is 2.00 bits per heavy atom. The number of thioether (sulfide) groups is 1. The van der Waals surface area contributed by atoms with Crippen LogP contribution in [0.5, 0.6) is 0 Å². The van der Waals surface area contributed by atoms with Gasteiger partial charge in [-0.05, 0) is 59.3 Å². The number of hydrogen-bond donors (Lipinski definition) is 1. The van der Waals surface area contributed by atoms with Crippen LogP contribution in [0.1, 0.15) is 72.6 Å². The van der Waals surface area contributed by atoms with Crippen molar-refractivity contribution < 1.29 is 24.2 Å². The average molecular weight is 521 g/mol. The highest BCUT2D eigenvalue weighted by molar-refractivity contribution is 8.02. The molecule has 1 N–H and O–H groups in total. The highest BCUT2D eigenvalue weighted by Crippen LogP contribution is 2.71. The van der Waals surface area contributed by atoms with Gasteiger partial charge in [-0.2, -0.15) is 0 Å². The number of unbranched alkanes of at least 4 members (excludes halogenated alkanes) is 2. The van der Waals surface area contributed by atoms with Gasteiger partial charge in [-0.1, -0.05) is 25.5 Å². The topological polar surface area (TPSA) is 87.1 Å². The molecule has 36 heavy (non-hydrogen) atoms. The molecule has 3 unspecified atom stereocenters. The summed E-state index contributed by atoms with van der Waals surface area (Å²) in [5, 5.41) is 10.1. The zero-order valence-corrected chi connectivity index (χ0v) is 23.2. The Morgan fingerprint density at radius 3 is 2.61 bits per heavy atom. The number of nitrogens with zero attached hydrogens (tertiary/aromatic N) is 2. The molecular weight excluding hydrogens is 476 g/mol. The molecule has 0 aromatic carbocycles. The first-order valence-corrected chi connectivity index (χ1v) is 14.3. The van der Waals surface area contributed by atoms with Gasteiger partial charge in [0.15, 0.2) is 0 Å². The maximum Gasteiger partial charge on any atom is 0.311 e. The maximum atomic E-state index is 14.3. The summed E-state index contributed by atoms with van der Waals surface area (Å²) in [7, 11) is 0. The maximum absolute atomic E-state index is 14.3. The third-order valence-electron chi connectivity index (χ3n) is 8.34. The number of rotatable bonds is 14. The van der Waals surface area contributed by atoms with E-state index in [0.717, 1.165) is 38.5 Å². The number of allylic oxidation sites excluding steroid dienone is 1. The summed E-state index contributed by atoms with van der Waals surface area (Å²) < 4.78 is 4.54. The average Bonchev–Trinajstić information content (AvgIpc) is 3.42. The number of carbonyl (C=O) groups excluding carboxylic acids is 3. The van der Waals surface area contributed by atoms with Crippen molar-refractivity contribution >= 4 is 29.5 Å². The van der Waals surface area contributed by atoms with Gasteiger partial charge in [0.1, 0.15) is 6.04 Å². The minimum absolute atomic E-state index is 0.00662. The minimum Gasteiger partial charge on any atom is -0.465 e. The first kappa shape index (κ1) is 28.8. The Hall–Kier alpha value is -1.80. The van der Waals surface area contributed by atoms with Gasteiger partial charge >= 0.3 is 5.97 Å². The number of hydrogen-bond acceptors (Lipinski definition) is 6. The number of esters is 1. The normalized spacial score (nSPS) is 32.2. The summed E-state index contributed by atoms with van der Waals surface area (Å²) in [5.74, 6) is -1.88. The van der Waals surface area contributed by atoms with Crippen LogP contribution in [0.3, 0.4) is 0 Å². The van der Waals surface area contributed by atoms with Crippen molar-refractivity contribution in [3.05, 3.63) is 25.3 Å². The van der Waals surface area contributed by atoms with E-state index in [1.54, 1.807) is 29.7 Å². The second-order valence-corrected chi connectivity index (χ2v) is 12.8. The van der Waals surface area contributed by atoms with Gasteiger partial charge in [-0.15, -0.1) is 24.9 Å². The number of aliphatic hydroxyl groups is 1. The molecule has 202 valence electrons. The molecule has 3 rings (SSSR count). The number of ether oxygens (including phenoxy) is 1. The number of amides is 2. The van der Waals surface area contributed by atoms with Crippen LogP contribution in [0.15, 0.2) is 25.3 Å². The summed E-state index contributed by atoms with van der Waals surface area (Å²) in [5.41, 5.74) is 0. The van der Waals surface area contributed by atoms with E-state index in [9.17, 15) is 19.5 Å². The molecule has 3 heterocycles. The molecule has 0 aliphatic carbocycles. The Balaban J connectivity index is 1.97. The minimum atomic E-state index is -0.728. The lowest BCUT2D eigenvalue weighted by Crippen LogP contribution is -2.58. The fraction of sp³-hybridized carbons (Fsp3) is 0.750. The van der Waals surface area contributed by atoms with Gasteiger partial charge in [0, 0.05) is 17.3 Å². The van der Waals surface area contributed by atoms with Crippen molar-refractivity contribution in [2.45, 2.75) is 100 Å². The highest BCUT2D eigenvalue weighted by Gasteiger charge is 2.78. The zero-order valence-electron chi connectivity index (χ0n) is 22.4. The number of fused-ring (bicyclic) bond motifs is 1. The summed E-state index contributed by atoms with van der Waals surface area (Å²) in [6.07, 6.45) is 9.30. The van der Waals surface area contributed by atoms with Gasteiger partial charge in [-0.3, -0.25) is 14.4 Å². The molecule has 1 spiro atoms. The molecule has 0 saturated carbocycles. The van der Waals surface area contributed by atoms with E-state index >= 15 is 0 Å². The van der Waals surface area contributed by atoms with Crippen LogP contribution in [0.2, 0.25) is 0 Å². The smallest absolute Gasteiger partial charge is 0.311 e. The molecule has 3 saturated heterocycles. The Morgan fingerprint density at radius 1 is 1.28 bits per heavy atom. The van der Waals surface area contributed by atoms with Crippen molar-refractivity contribution in [2.24, 2.45) is 11.8 Å². The van der Waals surface area contributed by atoms with E-state index in [1.807, 2.05) is 24.8 Å². The third kappa shape index (κ3) is 4.87. The number of carbonyl (C=O) groups is 3. The molecule has 0 aromatic rings. The van der Waals surface area contributed by atoms with Gasteiger partial charge in [-0.25, -0.2) is 0 Å². The molecule has 3 aliphatic heterocycles. The summed E-state index contributed by atoms with van der Waals surface area (Å²) in [6, 6.07) is -1.26. The SMILES string of the molecule is C=CCCCCOC(=O)[C@H]1[C@H]2C(=O)N([C@H](C)CO)C(C(=O)N(CC=C)C(C)CCC)C23CC[C@]1(C)S3. The predicted octanol–water partition coefficient (Wildman–Crippen LogP) is 3.95. The van der Waals surface area contributed by atoms with E-state index in [1.165, 1.54) is 0 Å². The van der Waals surface area contributed by atoms with Crippen LogP contribution in [0.25, 0.3) is 0 Å². The Kier molecular flexibility index (Phi) is 9.36. The van der Waals surface area contributed by atoms with Gasteiger partial charge in [0.2, 0.25) is 11.8 Å². The van der Waals surface area contributed by atoms with Crippen LogP contribution in [-0.2, 0) is 19.1 Å². The van der Waals surface area contributed by atoms with Crippen molar-refractivity contribution in [3.63, 3.8) is 0 Å². The number of likely N-dealkylation sites (tertiary alicyclic amines) is 1. The van der Waals surface area contributed by atoms with Crippen molar-refractivity contribution in [1.82, 2.24) is 9.80 Å². The fourth-order valence-corrected chi connectivity index (χ4v) is 8.90. The van der Waals surface area contributed by atoms with Gasteiger partial charge in [0.05, 0.1) is 35.8 Å². The van der Waals surface area contributed by atoms with E-state index < -0.39 is 33.4 Å². The number of aliphatic hydroxyl groups excluding tert-OH is 1. The van der Waals surface area contributed by atoms with Crippen LogP contribution in [0.4, 0.5) is 0 Å². The van der Waals surface area contributed by atoms with Crippen molar-refractivity contribution in [1.29, 1.82) is 0 Å². The van der Waals surface area contributed by atoms with Crippen LogP contribution < -0.4 is 0 Å². The van der Waals surface area contributed by atoms with Gasteiger partial charge < -0.3 is 19.6 Å². The van der Waals surface area contributed by atoms with Crippen LogP contribution in [0, 0.1) is 11.8 Å². The first-order chi connectivity index (χ1) is 17.1. The zero-order chi connectivity index (χ0) is 26.7. The van der Waals surface area contributed by atoms with Gasteiger partial charge in [0.25, 0.3) is 0 Å². The molecule has 7 nitrogen and oxygen atoms in total. The van der Waals surface area contributed by atoms with E-state index in [0.29, 0.717) is 19.6 Å². The predicted molar refractivity (Wildman–Crippen MR) is 143 cm³/mol. The molecule has 7 atom stereocenters. The second kappa shape index (κ2) is 11.7. The summed E-state index contributed by atoms with van der Waals surface area (Å²) in [4.78, 5) is 45.1. The molecular formula is C28H44N2O5S. The molecule has 2 amide bonds. The van der Waals surface area contributed by atoms with Crippen molar-refractivity contribution in [3.8, 4) is 0 Å². The molecule has 0 aromatic heterocycles. The first-order valence-electron chi connectivity index (χ1n) is 13.5. The molecule has 3 fully saturated rings. The lowest BCUT2D eigenvalue weighted by atomic mass is 9.66. The van der Waals surface area contributed by atoms with E-state index in [4.69, 9.17) is 4.74 Å².